The van der Waals surface area contributed by atoms with Gasteiger partial charge in [0.25, 0.3) is 0 Å². The molecule has 0 aromatic heterocycles. The smallest absolute Gasteiger partial charge is 0.203 e. The first-order valence-electron chi connectivity index (χ1n) is 10.8. The minimum atomic E-state index is -1.38. The second-order valence-electron chi connectivity index (χ2n) is 9.08. The molecule has 0 aromatic carbocycles. The van der Waals surface area contributed by atoms with Crippen LogP contribution in [0.3, 0.4) is 0 Å². The number of carbonyl (C=O) groups is 2. The zero-order chi connectivity index (χ0) is 21.9. The predicted molar refractivity (Wildman–Crippen MR) is 110 cm³/mol. The van der Waals surface area contributed by atoms with Gasteiger partial charge in [0.1, 0.15) is 0 Å². The van der Waals surface area contributed by atoms with Crippen molar-refractivity contribution in [1.82, 2.24) is 0 Å². The normalized spacial score (nSPS) is 36.3. The lowest BCUT2D eigenvalue weighted by molar-refractivity contribution is -0.159. The molecule has 0 heterocycles. The van der Waals surface area contributed by atoms with Crippen LogP contribution in [0.1, 0.15) is 66.2 Å². The van der Waals surface area contributed by atoms with Gasteiger partial charge in [-0.15, -0.1) is 0 Å². The van der Waals surface area contributed by atoms with Gasteiger partial charge in [0.05, 0.1) is 29.8 Å². The van der Waals surface area contributed by atoms with E-state index in [0.29, 0.717) is 18.3 Å². The summed E-state index contributed by atoms with van der Waals surface area (Å²) in [7, 11) is 0. The molecule has 4 N–H and O–H groups in total. The molecule has 1 fully saturated rings. The molecule has 0 aliphatic heterocycles. The minimum Gasteiger partial charge on any atom is -0.515 e. The Balaban J connectivity index is 2.57. The molecular formula is C23H36O6. The van der Waals surface area contributed by atoms with Gasteiger partial charge in [-0.3, -0.25) is 9.59 Å². The molecule has 2 aliphatic rings. The molecule has 0 amide bonds. The van der Waals surface area contributed by atoms with Gasteiger partial charge in [-0.2, -0.15) is 0 Å². The second-order valence-corrected chi connectivity index (χ2v) is 9.08. The summed E-state index contributed by atoms with van der Waals surface area (Å²) in [5.74, 6) is -4.02. The lowest BCUT2D eigenvalue weighted by atomic mass is 9.50. The number of aliphatic hydroxyl groups excluding tert-OH is 4. The van der Waals surface area contributed by atoms with E-state index in [-0.39, 0.29) is 18.3 Å². The van der Waals surface area contributed by atoms with Gasteiger partial charge in [-0.1, -0.05) is 46.5 Å². The molecule has 0 radical (unpaired) electrons. The first-order chi connectivity index (χ1) is 13.6. The van der Waals surface area contributed by atoms with Gasteiger partial charge >= 0.3 is 0 Å². The molecule has 7 atom stereocenters. The summed E-state index contributed by atoms with van der Waals surface area (Å²) in [4.78, 5) is 26.2. The molecule has 7 unspecified atom stereocenters. The summed E-state index contributed by atoms with van der Waals surface area (Å²) in [5, 5.41) is 41.7. The lowest BCUT2D eigenvalue weighted by Gasteiger charge is -2.53. The number of carbonyl (C=O) groups excluding carboxylic acids is 2. The maximum Gasteiger partial charge on any atom is 0.203 e. The van der Waals surface area contributed by atoms with Crippen molar-refractivity contribution < 1.29 is 30.0 Å². The number of hydrogen-bond donors (Lipinski definition) is 4. The zero-order valence-electron chi connectivity index (χ0n) is 18.0. The third kappa shape index (κ3) is 4.15. The monoisotopic (exact) mass is 408 g/mol. The van der Waals surface area contributed by atoms with Crippen molar-refractivity contribution >= 4 is 11.6 Å². The van der Waals surface area contributed by atoms with E-state index >= 15 is 0 Å². The summed E-state index contributed by atoms with van der Waals surface area (Å²) in [6.45, 7) is 7.37. The number of fused-ring (bicyclic) bond motifs is 1. The van der Waals surface area contributed by atoms with Crippen molar-refractivity contribution in [2.24, 2.45) is 29.1 Å². The fourth-order valence-corrected chi connectivity index (χ4v) is 5.56. The molecule has 2 aliphatic carbocycles. The van der Waals surface area contributed by atoms with Crippen LogP contribution in [0.4, 0.5) is 0 Å². The number of ketones is 2. The van der Waals surface area contributed by atoms with Gasteiger partial charge < -0.3 is 20.4 Å². The van der Waals surface area contributed by atoms with E-state index in [0.717, 1.165) is 31.8 Å². The molecule has 0 saturated heterocycles. The first kappa shape index (κ1) is 23.6. The molecule has 0 bridgehead atoms. The predicted octanol–water partition coefficient (Wildman–Crippen LogP) is 3.63. The second kappa shape index (κ2) is 9.43. The zero-order valence-corrected chi connectivity index (χ0v) is 18.0. The number of allylic oxidation sites excluding steroid dienone is 3. The Labute approximate surface area is 173 Å². The van der Waals surface area contributed by atoms with E-state index in [1.165, 1.54) is 0 Å². The molecule has 2 rings (SSSR count). The van der Waals surface area contributed by atoms with Crippen LogP contribution in [-0.4, -0.2) is 44.2 Å². The highest BCUT2D eigenvalue weighted by Gasteiger charge is 2.61. The van der Waals surface area contributed by atoms with E-state index in [2.05, 4.69) is 6.92 Å². The number of unbranched alkanes of at least 4 members (excludes halogenated alkanes) is 3. The third-order valence-corrected chi connectivity index (χ3v) is 7.10. The van der Waals surface area contributed by atoms with Crippen molar-refractivity contribution in [2.45, 2.75) is 78.4 Å². The van der Waals surface area contributed by atoms with Crippen molar-refractivity contribution in [1.29, 1.82) is 0 Å². The van der Waals surface area contributed by atoms with Gasteiger partial charge in [0.15, 0.2) is 11.5 Å². The van der Waals surface area contributed by atoms with E-state index in [1.54, 1.807) is 13.8 Å². The average Bonchev–Trinajstić information content (AvgIpc) is 2.66. The van der Waals surface area contributed by atoms with Crippen molar-refractivity contribution in [3.8, 4) is 0 Å². The van der Waals surface area contributed by atoms with Crippen LogP contribution in [0.15, 0.2) is 23.7 Å². The van der Waals surface area contributed by atoms with Crippen LogP contribution >= 0.6 is 0 Å². The van der Waals surface area contributed by atoms with Crippen LogP contribution in [0.25, 0.3) is 0 Å². The molecule has 6 heteroatoms. The minimum absolute atomic E-state index is 0.249. The summed E-state index contributed by atoms with van der Waals surface area (Å²) in [5.41, 5.74) is -1.06. The third-order valence-electron chi connectivity index (χ3n) is 7.10. The highest BCUT2D eigenvalue weighted by Crippen LogP contribution is 2.55. The Morgan fingerprint density at radius 1 is 1.28 bits per heavy atom. The van der Waals surface area contributed by atoms with Crippen molar-refractivity contribution in [2.75, 3.05) is 0 Å². The van der Waals surface area contributed by atoms with Crippen LogP contribution in [0, 0.1) is 29.1 Å². The summed E-state index contributed by atoms with van der Waals surface area (Å²) in [6, 6.07) is 0. The molecule has 0 aromatic rings. The van der Waals surface area contributed by atoms with Crippen LogP contribution in [0.5, 0.6) is 0 Å². The number of aliphatic hydroxyl groups is 4. The molecule has 6 nitrogen and oxygen atoms in total. The van der Waals surface area contributed by atoms with Crippen LogP contribution in [0.2, 0.25) is 0 Å². The summed E-state index contributed by atoms with van der Waals surface area (Å²) >= 11 is 0. The lowest BCUT2D eigenvalue weighted by Crippen LogP contribution is -2.60. The highest BCUT2D eigenvalue weighted by atomic mass is 16.3. The van der Waals surface area contributed by atoms with E-state index in [1.807, 2.05) is 6.92 Å². The Morgan fingerprint density at radius 3 is 2.52 bits per heavy atom. The van der Waals surface area contributed by atoms with Crippen LogP contribution < -0.4 is 0 Å². The maximum atomic E-state index is 13.2. The Morgan fingerprint density at radius 2 is 1.93 bits per heavy atom. The van der Waals surface area contributed by atoms with Gasteiger partial charge in [0, 0.05) is 12.0 Å². The van der Waals surface area contributed by atoms with Gasteiger partial charge in [0.2, 0.25) is 5.78 Å². The fraction of sp³-hybridized carbons (Fsp3) is 0.739. The topological polar surface area (TPSA) is 115 Å². The van der Waals surface area contributed by atoms with Crippen molar-refractivity contribution in [3.05, 3.63) is 23.7 Å². The van der Waals surface area contributed by atoms with Crippen LogP contribution in [-0.2, 0) is 9.59 Å². The average molecular weight is 409 g/mol. The molecule has 29 heavy (non-hydrogen) atoms. The number of rotatable bonds is 8. The Kier molecular flexibility index (Phi) is 7.68. The standard InChI is InChI=1S/C23H36O6/c1-5-6-7-8-9-13(2)18-22(29)21(28)17-19(15(25)12-14(3)20(17)27)23(18,4)16(26)10-11-24/h10-11,13-15,17,19-20,24-25,27,29H,5-9,12H2,1-4H3/b11-10-. The molecule has 1 saturated carbocycles. The summed E-state index contributed by atoms with van der Waals surface area (Å²) < 4.78 is 0. The SMILES string of the molecule is CCCCCCC(C)C1=C(O)C(=O)C2C(O)C(C)CC(O)C2C1(C)C(=O)/C=C\O. The summed E-state index contributed by atoms with van der Waals surface area (Å²) in [6.07, 6.45) is 4.70. The van der Waals surface area contributed by atoms with Gasteiger partial charge in [-0.25, -0.2) is 0 Å². The first-order valence-corrected chi connectivity index (χ1v) is 10.8. The largest absolute Gasteiger partial charge is 0.515 e. The quantitative estimate of drug-likeness (QED) is 0.277. The fourth-order valence-electron chi connectivity index (χ4n) is 5.56. The van der Waals surface area contributed by atoms with E-state index < -0.39 is 46.8 Å². The molecule has 164 valence electrons. The van der Waals surface area contributed by atoms with E-state index in [9.17, 15) is 30.0 Å². The number of Topliss-reactive ketones (excluding diaryl/α,β-unsaturated/α-hetero) is 1. The van der Waals surface area contributed by atoms with Gasteiger partial charge in [-0.05, 0) is 37.2 Å². The Hall–Kier alpha value is -1.66. The number of hydrogen-bond acceptors (Lipinski definition) is 6. The maximum absolute atomic E-state index is 13.2. The molecule has 0 spiro atoms. The van der Waals surface area contributed by atoms with Crippen molar-refractivity contribution in [3.63, 3.8) is 0 Å². The Bertz CT molecular complexity index is 681. The highest BCUT2D eigenvalue weighted by molar-refractivity contribution is 6.04. The van der Waals surface area contributed by atoms with E-state index in [4.69, 9.17) is 0 Å². The molecular weight excluding hydrogens is 372 g/mol.